The predicted octanol–water partition coefficient (Wildman–Crippen LogP) is 5.29. The van der Waals surface area contributed by atoms with Crippen molar-refractivity contribution in [3.05, 3.63) is 64.6 Å². The Hall–Kier alpha value is -3.01. The van der Waals surface area contributed by atoms with Crippen LogP contribution in [-0.4, -0.2) is 25.7 Å². The van der Waals surface area contributed by atoms with Gasteiger partial charge in [0.15, 0.2) is 5.82 Å². The maximum Gasteiger partial charge on any atom is 0.416 e. The zero-order valence-electron chi connectivity index (χ0n) is 17.4. The molecule has 33 heavy (non-hydrogen) atoms. The quantitative estimate of drug-likeness (QED) is 0.479. The second kappa shape index (κ2) is 7.79. The number of fused-ring (bicyclic) bond motifs is 1. The molecule has 0 radical (unpaired) electrons. The van der Waals surface area contributed by atoms with Gasteiger partial charge in [-0.05, 0) is 56.0 Å². The van der Waals surface area contributed by atoms with Crippen molar-refractivity contribution in [2.45, 2.75) is 38.4 Å². The molecular weight excluding hydrogens is 462 g/mol. The summed E-state index contributed by atoms with van der Waals surface area (Å²) in [5.41, 5.74) is -0.251. The highest BCUT2D eigenvalue weighted by Crippen LogP contribution is 2.51. The average molecular weight is 480 g/mol. The number of aryl methyl sites for hydroxylation is 1. The normalized spacial score (nSPS) is 22.8. The topological polar surface area (TPSA) is 63.9 Å². The maximum atomic E-state index is 13.7. The molecule has 2 fully saturated rings. The van der Waals surface area contributed by atoms with E-state index in [4.69, 9.17) is 11.6 Å². The van der Waals surface area contributed by atoms with Crippen molar-refractivity contribution in [1.29, 1.82) is 0 Å². The molecule has 3 aromatic rings. The number of nitrogens with zero attached hydrogens (tertiary/aromatic N) is 5. The van der Waals surface area contributed by atoms with E-state index in [9.17, 15) is 22.4 Å². The molecule has 11 heteroatoms. The number of aromatic nitrogens is 4. The molecule has 5 rings (SSSR count). The molecular formula is C22H18ClF4N5O. The van der Waals surface area contributed by atoms with Gasteiger partial charge in [0, 0.05) is 11.6 Å². The highest BCUT2D eigenvalue weighted by atomic mass is 35.5. The van der Waals surface area contributed by atoms with Crippen LogP contribution in [0.1, 0.15) is 42.4 Å². The minimum Gasteiger partial charge on any atom is -0.285 e. The van der Waals surface area contributed by atoms with Crippen LogP contribution in [0.5, 0.6) is 0 Å². The highest BCUT2D eigenvalue weighted by molar-refractivity contribution is 6.30. The fraction of sp³-hybridized carbons (Fsp3) is 0.364. The summed E-state index contributed by atoms with van der Waals surface area (Å²) in [6.07, 6.45) is -0.982. The first-order chi connectivity index (χ1) is 15.6. The molecule has 1 saturated carbocycles. The number of alkyl halides is 3. The van der Waals surface area contributed by atoms with Crippen molar-refractivity contribution in [2.75, 3.05) is 4.90 Å². The van der Waals surface area contributed by atoms with Gasteiger partial charge in [0.1, 0.15) is 24.0 Å². The van der Waals surface area contributed by atoms with Gasteiger partial charge < -0.3 is 0 Å². The van der Waals surface area contributed by atoms with Gasteiger partial charge in [0.05, 0.1) is 16.3 Å². The largest absolute Gasteiger partial charge is 0.416 e. The van der Waals surface area contributed by atoms with Gasteiger partial charge in [0.25, 0.3) is 0 Å². The Morgan fingerprint density at radius 1 is 1.15 bits per heavy atom. The highest BCUT2D eigenvalue weighted by Gasteiger charge is 2.53. The fourth-order valence-electron chi connectivity index (χ4n) is 4.96. The zero-order chi connectivity index (χ0) is 23.5. The Balaban J connectivity index is 1.65. The van der Waals surface area contributed by atoms with E-state index in [2.05, 4.69) is 15.2 Å². The molecule has 0 spiro atoms. The standard InChI is InChI=1S/C22H18ClF4N5O/c1-11-7-12(22(25,26)27)8-18(29-11)32-19(14-3-2-4-15(14)21(32)33)20-30-28-10-31(20)13-5-6-17(24)16(23)9-13/h5-10,14-15,19H,2-4H2,1H3/t14-,15+,19-/m1/s1. The molecule has 6 nitrogen and oxygen atoms in total. The third-order valence-electron chi connectivity index (χ3n) is 6.34. The molecule has 1 aliphatic carbocycles. The number of hydrogen-bond acceptors (Lipinski definition) is 4. The van der Waals surface area contributed by atoms with E-state index in [0.29, 0.717) is 24.4 Å². The number of hydrogen-bond donors (Lipinski definition) is 0. The monoisotopic (exact) mass is 479 g/mol. The first-order valence-electron chi connectivity index (χ1n) is 10.4. The van der Waals surface area contributed by atoms with E-state index in [1.54, 1.807) is 4.57 Å². The van der Waals surface area contributed by atoms with Crippen LogP contribution < -0.4 is 4.90 Å². The van der Waals surface area contributed by atoms with Crippen LogP contribution in [0.15, 0.2) is 36.7 Å². The van der Waals surface area contributed by atoms with Gasteiger partial charge in [0.2, 0.25) is 5.91 Å². The van der Waals surface area contributed by atoms with Crippen LogP contribution in [0.3, 0.4) is 0 Å². The van der Waals surface area contributed by atoms with Gasteiger partial charge in [-0.3, -0.25) is 14.3 Å². The molecule has 172 valence electrons. The van der Waals surface area contributed by atoms with Gasteiger partial charge in [-0.15, -0.1) is 10.2 Å². The van der Waals surface area contributed by atoms with E-state index in [0.717, 1.165) is 18.6 Å². The summed E-state index contributed by atoms with van der Waals surface area (Å²) >= 11 is 5.95. The molecule has 1 aromatic carbocycles. The number of pyridine rings is 1. The maximum absolute atomic E-state index is 13.7. The van der Waals surface area contributed by atoms with Crippen molar-refractivity contribution in [3.8, 4) is 5.69 Å². The number of carbonyl (C=O) groups is 1. The number of halogens is 5. The van der Waals surface area contributed by atoms with Gasteiger partial charge in [-0.2, -0.15) is 13.2 Å². The average Bonchev–Trinajstić information content (AvgIpc) is 3.46. The third kappa shape index (κ3) is 3.66. The number of benzene rings is 1. The van der Waals surface area contributed by atoms with Gasteiger partial charge in [-0.1, -0.05) is 18.0 Å². The lowest BCUT2D eigenvalue weighted by atomic mass is 9.93. The molecule has 1 amide bonds. The number of carbonyl (C=O) groups excluding carboxylic acids is 1. The number of amides is 1. The molecule has 1 saturated heterocycles. The Bertz CT molecular complexity index is 1240. The summed E-state index contributed by atoms with van der Waals surface area (Å²) in [5, 5.41) is 8.10. The fourth-order valence-corrected chi connectivity index (χ4v) is 5.14. The lowest BCUT2D eigenvalue weighted by Crippen LogP contribution is -2.33. The van der Waals surface area contributed by atoms with Crippen LogP contribution in [0.25, 0.3) is 5.69 Å². The van der Waals surface area contributed by atoms with Crippen LogP contribution in [0.4, 0.5) is 23.4 Å². The van der Waals surface area contributed by atoms with Crippen molar-refractivity contribution in [1.82, 2.24) is 19.7 Å². The summed E-state index contributed by atoms with van der Waals surface area (Å²) in [6, 6.07) is 5.27. The van der Waals surface area contributed by atoms with Crippen molar-refractivity contribution >= 4 is 23.3 Å². The Morgan fingerprint density at radius 2 is 1.94 bits per heavy atom. The Labute approximate surface area is 191 Å². The van der Waals surface area contributed by atoms with E-state index in [-0.39, 0.29) is 34.3 Å². The second-order valence-electron chi connectivity index (χ2n) is 8.37. The SMILES string of the molecule is Cc1cc(C(F)(F)F)cc(N2C(=O)[C@H]3CCC[C@H]3[C@@H]2c2nncn2-c2ccc(F)c(Cl)c2)n1. The van der Waals surface area contributed by atoms with E-state index < -0.39 is 23.6 Å². The van der Waals surface area contributed by atoms with Crippen molar-refractivity contribution in [2.24, 2.45) is 11.8 Å². The molecule has 0 bridgehead atoms. The Kier molecular flexibility index (Phi) is 5.15. The van der Waals surface area contributed by atoms with E-state index >= 15 is 0 Å². The lowest BCUT2D eigenvalue weighted by Gasteiger charge is -2.27. The summed E-state index contributed by atoms with van der Waals surface area (Å²) < 4.78 is 55.7. The van der Waals surface area contributed by atoms with Crippen LogP contribution >= 0.6 is 11.6 Å². The van der Waals surface area contributed by atoms with Crippen LogP contribution in [0, 0.1) is 24.6 Å². The predicted molar refractivity (Wildman–Crippen MR) is 111 cm³/mol. The summed E-state index contributed by atoms with van der Waals surface area (Å²) in [6.45, 7) is 1.46. The Morgan fingerprint density at radius 3 is 2.67 bits per heavy atom. The lowest BCUT2D eigenvalue weighted by molar-refractivity contribution is -0.137. The third-order valence-corrected chi connectivity index (χ3v) is 6.63. The van der Waals surface area contributed by atoms with Crippen molar-refractivity contribution < 1.29 is 22.4 Å². The summed E-state index contributed by atoms with van der Waals surface area (Å²) in [5.74, 6) is -1.08. The minimum absolute atomic E-state index is 0.0709. The molecule has 0 unspecified atom stereocenters. The molecule has 3 heterocycles. The molecule has 0 N–H and O–H groups in total. The molecule has 3 atom stereocenters. The van der Waals surface area contributed by atoms with Crippen LogP contribution in [0.2, 0.25) is 5.02 Å². The van der Waals surface area contributed by atoms with E-state index in [1.807, 2.05) is 0 Å². The zero-order valence-corrected chi connectivity index (χ0v) is 18.1. The van der Waals surface area contributed by atoms with Crippen LogP contribution in [-0.2, 0) is 11.0 Å². The second-order valence-corrected chi connectivity index (χ2v) is 8.77. The first kappa shape index (κ1) is 21.8. The van der Waals surface area contributed by atoms with Gasteiger partial charge in [-0.25, -0.2) is 9.37 Å². The number of rotatable bonds is 3. The first-order valence-corrected chi connectivity index (χ1v) is 10.8. The summed E-state index contributed by atoms with van der Waals surface area (Å²) in [7, 11) is 0. The van der Waals surface area contributed by atoms with Crippen molar-refractivity contribution in [3.63, 3.8) is 0 Å². The minimum atomic E-state index is -4.58. The molecule has 2 aliphatic rings. The number of anilines is 1. The summed E-state index contributed by atoms with van der Waals surface area (Å²) in [4.78, 5) is 19.0. The molecule has 1 aliphatic heterocycles. The van der Waals surface area contributed by atoms with E-state index in [1.165, 1.54) is 36.4 Å². The molecule has 2 aromatic heterocycles. The van der Waals surface area contributed by atoms with Gasteiger partial charge >= 0.3 is 6.18 Å². The smallest absolute Gasteiger partial charge is 0.285 e.